The molecule has 0 spiro atoms. The summed E-state index contributed by atoms with van der Waals surface area (Å²) in [5, 5.41) is 13.9. The van der Waals surface area contributed by atoms with Crippen molar-refractivity contribution in [3.63, 3.8) is 0 Å². The molecule has 0 aromatic heterocycles. The molecule has 0 saturated carbocycles. The third-order valence-corrected chi connectivity index (χ3v) is 0. The predicted molar refractivity (Wildman–Crippen MR) is 11.3 cm³/mol. The fraction of sp³-hybridized carbons (Fsp3) is 0. The Balaban J connectivity index is -0.0000000150. The number of carboxylic acid groups (broad SMARTS) is 2. The Labute approximate surface area is 142 Å². The molecule has 0 bridgehead atoms. The van der Waals surface area contributed by atoms with Gasteiger partial charge < -0.3 is 15.7 Å². The van der Waals surface area contributed by atoms with Crippen LogP contribution in [0.3, 0.4) is 0 Å². The van der Waals surface area contributed by atoms with Gasteiger partial charge in [0.15, 0.2) is 0 Å². The molecular formula is CH2CsKO4. The average molecular weight is 250 g/mol. The average Bonchev–Trinajstić information content (AvgIpc) is 0.811. The van der Waals surface area contributed by atoms with E-state index in [2.05, 4.69) is 0 Å². The van der Waals surface area contributed by atoms with Gasteiger partial charge in [0.05, 0.1) is 0 Å². The van der Waals surface area contributed by atoms with Crippen LogP contribution in [0, 0.1) is 0 Å². The van der Waals surface area contributed by atoms with Gasteiger partial charge in [-0.3, -0.25) is 0 Å². The van der Waals surface area contributed by atoms with Gasteiger partial charge in [0.1, 0.15) is 0 Å². The third-order valence-electron chi connectivity index (χ3n) is 0. The zero-order chi connectivity index (χ0) is 3.58. The Hall–Kier alpha value is 2.92. The summed E-state index contributed by atoms with van der Waals surface area (Å²) >= 11 is 0. The van der Waals surface area contributed by atoms with Crippen LogP contribution in [0.4, 0.5) is 4.79 Å². The Bertz CT molecular complexity index is 34.7. The minimum Gasteiger partial charge on any atom is -2.00 e. The number of hydrogen-bond donors (Lipinski definition) is 2. The topological polar surface area (TPSA) is 86.0 Å². The van der Waals surface area contributed by atoms with Gasteiger partial charge in [-0.25, -0.2) is 4.79 Å². The number of carbonyl (C=O) groups is 1. The summed E-state index contributed by atoms with van der Waals surface area (Å²) in [6, 6.07) is 0. The van der Waals surface area contributed by atoms with E-state index in [1.165, 1.54) is 0 Å². The molecule has 0 saturated heterocycles. The molecule has 0 heterocycles. The summed E-state index contributed by atoms with van der Waals surface area (Å²) < 4.78 is 0. The van der Waals surface area contributed by atoms with Crippen molar-refractivity contribution in [1.82, 2.24) is 0 Å². The first kappa shape index (κ1) is 22.5. The zero-order valence-corrected chi connectivity index (χ0v) is 13.6. The monoisotopic (exact) mass is 250 g/mol. The van der Waals surface area contributed by atoms with Gasteiger partial charge >= 0.3 is 126 Å². The molecule has 2 N–H and O–H groups in total. The first-order valence-corrected chi connectivity index (χ1v) is 0.651. The molecule has 0 radical (unpaired) electrons. The summed E-state index contributed by atoms with van der Waals surface area (Å²) in [4.78, 5) is 8.56. The van der Waals surface area contributed by atoms with Gasteiger partial charge in [-0.2, -0.15) is 0 Å². The van der Waals surface area contributed by atoms with Crippen LogP contribution >= 0.6 is 0 Å². The van der Waals surface area contributed by atoms with E-state index in [9.17, 15) is 0 Å². The van der Waals surface area contributed by atoms with Crippen LogP contribution < -0.4 is 120 Å². The van der Waals surface area contributed by atoms with Crippen molar-refractivity contribution in [2.75, 3.05) is 0 Å². The van der Waals surface area contributed by atoms with Crippen LogP contribution in [0.5, 0.6) is 0 Å². The maximum absolute atomic E-state index is 8.56. The molecule has 32 valence electrons. The second-order valence-electron chi connectivity index (χ2n) is 0.283. The Kier molecular flexibility index (Phi) is 51.4. The van der Waals surface area contributed by atoms with Gasteiger partial charge in [-0.05, 0) is 0 Å². The summed E-state index contributed by atoms with van der Waals surface area (Å²) in [7, 11) is 0. The van der Waals surface area contributed by atoms with E-state index in [1.54, 1.807) is 0 Å². The second kappa shape index (κ2) is 16.0. The molecule has 0 amide bonds. The minimum atomic E-state index is -1.83. The molecule has 0 aromatic rings. The standard InChI is InChI=1S/CH2O3.Cs.K.O/c2-1(3)4;;;/h(H2,2,3,4);;;/q;2*+1;-2. The Morgan fingerprint density at radius 2 is 1.29 bits per heavy atom. The Morgan fingerprint density at radius 3 is 1.29 bits per heavy atom. The molecule has 0 atom stereocenters. The van der Waals surface area contributed by atoms with E-state index in [4.69, 9.17) is 15.0 Å². The normalized spacial score (nSPS) is 3.43. The van der Waals surface area contributed by atoms with Gasteiger partial charge in [0, 0.05) is 0 Å². The predicted octanol–water partition coefficient (Wildman–Crippen LogP) is -5.89. The van der Waals surface area contributed by atoms with E-state index in [1.807, 2.05) is 0 Å². The van der Waals surface area contributed by atoms with Gasteiger partial charge in [0.25, 0.3) is 0 Å². The smallest absolute Gasteiger partial charge is 1.00 e. The van der Waals surface area contributed by atoms with Crippen molar-refractivity contribution in [1.29, 1.82) is 0 Å². The molecule has 0 aliphatic carbocycles. The summed E-state index contributed by atoms with van der Waals surface area (Å²) in [5.41, 5.74) is 0. The molecule has 0 aliphatic rings. The largest absolute Gasteiger partial charge is 2.00 e. The van der Waals surface area contributed by atoms with Crippen molar-refractivity contribution in [2.45, 2.75) is 0 Å². The molecule has 0 aromatic carbocycles. The quantitative estimate of drug-likeness (QED) is 0.420. The SMILES string of the molecule is O=C(O)O.[Cs+].[K+].[O-2]. The molecule has 4 nitrogen and oxygen atoms in total. The van der Waals surface area contributed by atoms with Crippen LogP contribution in [-0.4, -0.2) is 16.4 Å². The van der Waals surface area contributed by atoms with Crippen molar-refractivity contribution in [3.8, 4) is 0 Å². The molecule has 0 aliphatic heterocycles. The number of hydrogen-bond acceptors (Lipinski definition) is 1. The second-order valence-corrected chi connectivity index (χ2v) is 0.283. The fourth-order valence-corrected chi connectivity index (χ4v) is 0. The van der Waals surface area contributed by atoms with E-state index in [0.717, 1.165) is 0 Å². The maximum Gasteiger partial charge on any atom is 1.00 e. The summed E-state index contributed by atoms with van der Waals surface area (Å²) in [6.07, 6.45) is -1.83. The molecule has 0 fully saturated rings. The summed E-state index contributed by atoms with van der Waals surface area (Å²) in [6.45, 7) is 0. The fourth-order valence-electron chi connectivity index (χ4n) is 0. The third kappa shape index (κ3) is 50.1. The first-order valence-electron chi connectivity index (χ1n) is 0.651. The van der Waals surface area contributed by atoms with Gasteiger partial charge in [-0.15, -0.1) is 0 Å². The Morgan fingerprint density at radius 1 is 1.29 bits per heavy atom. The van der Waals surface area contributed by atoms with E-state index in [-0.39, 0.29) is 126 Å². The molecule has 6 heteroatoms. The molecule has 7 heavy (non-hydrogen) atoms. The minimum absolute atomic E-state index is 0. The van der Waals surface area contributed by atoms with E-state index in [0.29, 0.717) is 0 Å². The van der Waals surface area contributed by atoms with Crippen molar-refractivity contribution in [2.24, 2.45) is 0 Å². The van der Waals surface area contributed by atoms with Crippen molar-refractivity contribution >= 4 is 6.16 Å². The van der Waals surface area contributed by atoms with Gasteiger partial charge in [0.2, 0.25) is 0 Å². The maximum atomic E-state index is 8.56. The first-order chi connectivity index (χ1) is 1.73. The van der Waals surface area contributed by atoms with Crippen LogP contribution in [0.15, 0.2) is 0 Å². The van der Waals surface area contributed by atoms with Crippen LogP contribution in [0.25, 0.3) is 0 Å². The molecule has 0 rings (SSSR count). The van der Waals surface area contributed by atoms with E-state index >= 15 is 0 Å². The molecule has 0 unspecified atom stereocenters. The van der Waals surface area contributed by atoms with Crippen LogP contribution in [0.1, 0.15) is 0 Å². The van der Waals surface area contributed by atoms with Crippen molar-refractivity contribution in [3.05, 3.63) is 0 Å². The van der Waals surface area contributed by atoms with Crippen LogP contribution in [0.2, 0.25) is 0 Å². The summed E-state index contributed by atoms with van der Waals surface area (Å²) in [5.74, 6) is 0. The van der Waals surface area contributed by atoms with Crippen molar-refractivity contribution < 1.29 is 141 Å². The van der Waals surface area contributed by atoms with Crippen LogP contribution in [-0.2, 0) is 5.48 Å². The molecular weight excluding hydrogens is 248 g/mol. The zero-order valence-electron chi connectivity index (χ0n) is 4.21. The van der Waals surface area contributed by atoms with Gasteiger partial charge in [-0.1, -0.05) is 0 Å². The van der Waals surface area contributed by atoms with E-state index < -0.39 is 6.16 Å². The number of rotatable bonds is 0.